The van der Waals surface area contributed by atoms with Gasteiger partial charge >= 0.3 is 0 Å². The summed E-state index contributed by atoms with van der Waals surface area (Å²) in [6, 6.07) is 17.2. The van der Waals surface area contributed by atoms with Crippen LogP contribution in [0.4, 0.5) is 0 Å². The van der Waals surface area contributed by atoms with Crippen molar-refractivity contribution in [1.82, 2.24) is 5.43 Å². The maximum Gasteiger partial charge on any atom is 0.253 e. The normalized spacial score (nSPS) is 12.8. The fourth-order valence-electron chi connectivity index (χ4n) is 1.74. The highest BCUT2D eigenvalue weighted by atomic mass is 35.5. The predicted octanol–water partition coefficient (Wildman–Crippen LogP) is 4.36. The molecule has 0 heterocycles. The lowest BCUT2D eigenvalue weighted by Gasteiger charge is -2.10. The summed E-state index contributed by atoms with van der Waals surface area (Å²) in [6.45, 7) is 3.71. The Morgan fingerprint density at radius 1 is 1.14 bits per heavy atom. The van der Waals surface area contributed by atoms with Gasteiger partial charge in [-0.15, -0.1) is 11.8 Å². The van der Waals surface area contributed by atoms with E-state index in [9.17, 15) is 4.79 Å². The number of nitrogens with one attached hydrogen (secondary N) is 1. The summed E-state index contributed by atoms with van der Waals surface area (Å²) < 4.78 is 0. The molecule has 2 aromatic rings. The second-order valence-corrected chi connectivity index (χ2v) is 6.60. The van der Waals surface area contributed by atoms with Crippen molar-refractivity contribution in [2.24, 2.45) is 5.10 Å². The van der Waals surface area contributed by atoms with Gasteiger partial charge in [0.2, 0.25) is 0 Å². The summed E-state index contributed by atoms with van der Waals surface area (Å²) in [6.07, 6.45) is 0. The maximum atomic E-state index is 12.1. The van der Waals surface area contributed by atoms with Gasteiger partial charge in [0.05, 0.1) is 11.0 Å². The number of benzene rings is 2. The number of carbonyl (C=O) groups excluding carboxylic acids is 1. The van der Waals surface area contributed by atoms with Gasteiger partial charge in [-0.1, -0.05) is 41.9 Å². The number of halogens is 1. The number of thioether (sulfide) groups is 1. The van der Waals surface area contributed by atoms with E-state index in [1.807, 2.05) is 56.3 Å². The van der Waals surface area contributed by atoms with E-state index in [-0.39, 0.29) is 11.2 Å². The van der Waals surface area contributed by atoms with Crippen LogP contribution in [0.15, 0.2) is 64.6 Å². The molecule has 0 aromatic heterocycles. The molecular weight excluding hydrogens is 316 g/mol. The van der Waals surface area contributed by atoms with Crippen LogP contribution >= 0.6 is 23.4 Å². The summed E-state index contributed by atoms with van der Waals surface area (Å²) in [4.78, 5) is 13.1. The van der Waals surface area contributed by atoms with Gasteiger partial charge in [-0.2, -0.15) is 5.10 Å². The molecule has 0 fully saturated rings. The summed E-state index contributed by atoms with van der Waals surface area (Å²) >= 11 is 7.35. The Labute approximate surface area is 139 Å². The molecule has 3 nitrogen and oxygen atoms in total. The third kappa shape index (κ3) is 4.90. The van der Waals surface area contributed by atoms with Gasteiger partial charge in [-0.25, -0.2) is 5.43 Å². The summed E-state index contributed by atoms with van der Waals surface area (Å²) in [5.74, 6) is -0.123. The van der Waals surface area contributed by atoms with Gasteiger partial charge in [0.25, 0.3) is 5.91 Å². The first kappa shape index (κ1) is 16.6. The molecule has 0 aliphatic heterocycles. The van der Waals surface area contributed by atoms with Crippen molar-refractivity contribution in [1.29, 1.82) is 0 Å². The number of hydrazone groups is 1. The van der Waals surface area contributed by atoms with Gasteiger partial charge in [0.1, 0.15) is 0 Å². The number of amides is 1. The van der Waals surface area contributed by atoms with Gasteiger partial charge in [0.15, 0.2) is 0 Å². The molecule has 0 saturated carbocycles. The lowest BCUT2D eigenvalue weighted by atomic mass is 10.1. The molecule has 0 bridgehead atoms. The van der Waals surface area contributed by atoms with Crippen LogP contribution in [0.2, 0.25) is 5.02 Å². The highest BCUT2D eigenvalue weighted by molar-refractivity contribution is 8.00. The zero-order chi connectivity index (χ0) is 15.9. The van der Waals surface area contributed by atoms with Crippen molar-refractivity contribution in [3.63, 3.8) is 0 Å². The first-order chi connectivity index (χ1) is 10.6. The van der Waals surface area contributed by atoms with Gasteiger partial charge < -0.3 is 0 Å². The Morgan fingerprint density at radius 2 is 1.77 bits per heavy atom. The van der Waals surface area contributed by atoms with Crippen LogP contribution in [0.5, 0.6) is 0 Å². The Bertz CT molecular complexity index is 656. The average molecular weight is 333 g/mol. The van der Waals surface area contributed by atoms with E-state index in [4.69, 9.17) is 11.6 Å². The summed E-state index contributed by atoms with van der Waals surface area (Å²) in [5, 5.41) is 4.60. The van der Waals surface area contributed by atoms with E-state index in [1.165, 1.54) is 11.8 Å². The van der Waals surface area contributed by atoms with Crippen molar-refractivity contribution in [2.45, 2.75) is 24.0 Å². The smallest absolute Gasteiger partial charge is 0.253 e. The number of nitrogens with zero attached hydrogens (tertiary/aromatic N) is 1. The molecule has 114 valence electrons. The minimum absolute atomic E-state index is 0.123. The molecule has 0 radical (unpaired) electrons. The Balaban J connectivity index is 1.93. The first-order valence-electron chi connectivity index (χ1n) is 6.88. The zero-order valence-electron chi connectivity index (χ0n) is 12.4. The monoisotopic (exact) mass is 332 g/mol. The van der Waals surface area contributed by atoms with Crippen molar-refractivity contribution in [3.05, 3.63) is 65.2 Å². The van der Waals surface area contributed by atoms with Crippen molar-refractivity contribution in [2.75, 3.05) is 0 Å². The van der Waals surface area contributed by atoms with E-state index in [1.54, 1.807) is 12.1 Å². The zero-order valence-corrected chi connectivity index (χ0v) is 14.0. The molecule has 1 atom stereocenters. The highest BCUT2D eigenvalue weighted by Gasteiger charge is 2.13. The molecule has 1 amide bonds. The van der Waals surface area contributed by atoms with E-state index in [2.05, 4.69) is 10.5 Å². The van der Waals surface area contributed by atoms with E-state index < -0.39 is 0 Å². The van der Waals surface area contributed by atoms with Crippen LogP contribution in [0.1, 0.15) is 19.4 Å². The summed E-state index contributed by atoms with van der Waals surface area (Å²) in [5.41, 5.74) is 4.27. The number of hydrogen-bond donors (Lipinski definition) is 1. The molecule has 1 N–H and O–H groups in total. The third-order valence-corrected chi connectivity index (χ3v) is 4.39. The average Bonchev–Trinajstić information content (AvgIpc) is 2.53. The van der Waals surface area contributed by atoms with E-state index in [0.717, 1.165) is 16.2 Å². The van der Waals surface area contributed by atoms with Crippen LogP contribution in [0, 0.1) is 0 Å². The molecule has 2 rings (SSSR count). The molecule has 5 heteroatoms. The van der Waals surface area contributed by atoms with Crippen LogP contribution in [0.25, 0.3) is 0 Å². The van der Waals surface area contributed by atoms with Crippen LogP contribution in [0.3, 0.4) is 0 Å². The second-order valence-electron chi connectivity index (χ2n) is 4.75. The number of hydrogen-bond acceptors (Lipinski definition) is 3. The Hall–Kier alpha value is -1.78. The summed E-state index contributed by atoms with van der Waals surface area (Å²) in [7, 11) is 0. The lowest BCUT2D eigenvalue weighted by Crippen LogP contribution is -2.27. The third-order valence-electron chi connectivity index (χ3n) is 3.02. The Kier molecular flexibility index (Phi) is 6.04. The van der Waals surface area contributed by atoms with Crippen LogP contribution in [-0.2, 0) is 4.79 Å². The fraction of sp³-hybridized carbons (Fsp3) is 0.176. The van der Waals surface area contributed by atoms with Crippen molar-refractivity contribution in [3.8, 4) is 0 Å². The predicted molar refractivity (Wildman–Crippen MR) is 93.6 cm³/mol. The maximum absolute atomic E-state index is 12.1. The second kappa shape index (κ2) is 8.01. The first-order valence-corrected chi connectivity index (χ1v) is 8.14. The van der Waals surface area contributed by atoms with Crippen LogP contribution in [-0.4, -0.2) is 16.9 Å². The number of carbonyl (C=O) groups is 1. The number of rotatable bonds is 5. The standard InChI is InChI=1S/C17H17ClN2OS/c1-12(14-8-10-15(18)11-9-14)19-20-17(21)13(2)22-16-6-4-3-5-7-16/h3-11,13H,1-2H3,(H,20,21)/b19-12-/t13-/m0/s1. The van der Waals surface area contributed by atoms with E-state index >= 15 is 0 Å². The molecule has 0 aliphatic carbocycles. The van der Waals surface area contributed by atoms with Gasteiger partial charge in [-0.3, -0.25) is 4.79 Å². The molecule has 0 saturated heterocycles. The topological polar surface area (TPSA) is 41.5 Å². The largest absolute Gasteiger partial charge is 0.272 e. The minimum atomic E-state index is -0.218. The molecule has 22 heavy (non-hydrogen) atoms. The van der Waals surface area contributed by atoms with Crippen LogP contribution < -0.4 is 5.43 Å². The highest BCUT2D eigenvalue weighted by Crippen LogP contribution is 2.22. The fourth-order valence-corrected chi connectivity index (χ4v) is 2.75. The molecule has 0 aliphatic rings. The lowest BCUT2D eigenvalue weighted by molar-refractivity contribution is -0.120. The van der Waals surface area contributed by atoms with Crippen molar-refractivity contribution < 1.29 is 4.79 Å². The van der Waals surface area contributed by atoms with Gasteiger partial charge in [-0.05, 0) is 43.7 Å². The molecule has 0 unspecified atom stereocenters. The van der Waals surface area contributed by atoms with Gasteiger partial charge in [0, 0.05) is 9.92 Å². The molecule has 2 aromatic carbocycles. The molecular formula is C17H17ClN2OS. The Morgan fingerprint density at radius 3 is 2.41 bits per heavy atom. The van der Waals surface area contributed by atoms with Crippen molar-refractivity contribution >= 4 is 35.0 Å². The van der Waals surface area contributed by atoms with E-state index in [0.29, 0.717) is 5.02 Å². The molecule has 0 spiro atoms. The SMILES string of the molecule is C/C(=N/NC(=O)[C@H](C)Sc1ccccc1)c1ccc(Cl)cc1. The minimum Gasteiger partial charge on any atom is -0.272 e. The quantitative estimate of drug-likeness (QED) is 0.502.